The van der Waals surface area contributed by atoms with E-state index in [4.69, 9.17) is 14.6 Å². The van der Waals surface area contributed by atoms with Gasteiger partial charge in [0.05, 0.1) is 25.0 Å². The van der Waals surface area contributed by atoms with Gasteiger partial charge < -0.3 is 9.47 Å². The summed E-state index contributed by atoms with van der Waals surface area (Å²) in [5.41, 5.74) is 2.96. The highest BCUT2D eigenvalue weighted by atomic mass is 32.2. The first-order chi connectivity index (χ1) is 13.8. The summed E-state index contributed by atoms with van der Waals surface area (Å²) in [7, 11) is -2.50. The van der Waals surface area contributed by atoms with E-state index < -0.39 is 22.1 Å². The first-order valence-corrected chi connectivity index (χ1v) is 11.2. The van der Waals surface area contributed by atoms with E-state index in [1.165, 1.54) is 7.11 Å². The number of rotatable bonds is 5. The predicted octanol–water partition coefficient (Wildman–Crippen LogP) is 2.42. The summed E-state index contributed by atoms with van der Waals surface area (Å²) in [4.78, 5) is 13.9. The highest BCUT2D eigenvalue weighted by molar-refractivity contribution is 7.88. The van der Waals surface area contributed by atoms with Crippen LogP contribution in [0.25, 0.3) is 11.1 Å². The van der Waals surface area contributed by atoms with Crippen LogP contribution >= 0.6 is 0 Å². The van der Waals surface area contributed by atoms with Gasteiger partial charge in [0.1, 0.15) is 5.75 Å². The van der Waals surface area contributed by atoms with Gasteiger partial charge in [0.25, 0.3) is 0 Å². The zero-order valence-electron chi connectivity index (χ0n) is 16.4. The van der Waals surface area contributed by atoms with Gasteiger partial charge in [-0.3, -0.25) is 9.58 Å². The number of carbonyl (C=O) groups excluding carboxylic acids is 1. The minimum Gasteiger partial charge on any atom is -0.475 e. The van der Waals surface area contributed by atoms with Crippen molar-refractivity contribution in [2.75, 3.05) is 17.9 Å². The summed E-state index contributed by atoms with van der Waals surface area (Å²) in [5, 5.41) is 9.58. The van der Waals surface area contributed by atoms with Gasteiger partial charge in [-0.1, -0.05) is 0 Å². The number of aromatic nitrogens is 2. The second-order valence-electron chi connectivity index (χ2n) is 7.53. The lowest BCUT2D eigenvalue weighted by molar-refractivity contribution is 0.175. The molecule has 0 bridgehead atoms. The normalized spacial score (nSPS) is 19.0. The van der Waals surface area contributed by atoms with E-state index in [0.717, 1.165) is 29.5 Å². The number of benzene rings is 1. The number of methoxy groups -OCH3 is 1. The van der Waals surface area contributed by atoms with E-state index in [0.29, 0.717) is 30.3 Å². The zero-order valence-corrected chi connectivity index (χ0v) is 17.2. The van der Waals surface area contributed by atoms with Crippen molar-refractivity contribution in [3.05, 3.63) is 30.1 Å². The molecule has 1 aliphatic heterocycles. The molecule has 10 heteroatoms. The summed E-state index contributed by atoms with van der Waals surface area (Å²) in [5.74, 6) is -0.242. The summed E-state index contributed by atoms with van der Waals surface area (Å²) in [6.07, 6.45) is 6.75. The Labute approximate surface area is 169 Å². The maximum Gasteiger partial charge on any atom is 0.414 e. The Balaban J connectivity index is 1.81. The van der Waals surface area contributed by atoms with Crippen LogP contribution in [0.15, 0.2) is 24.5 Å². The number of sulfonamides is 1. The third kappa shape index (κ3) is 3.95. The van der Waals surface area contributed by atoms with Crippen molar-refractivity contribution in [1.29, 1.82) is 0 Å². The third-order valence-corrected chi connectivity index (χ3v) is 5.77. The molecule has 1 atom stereocenters. The molecule has 29 heavy (non-hydrogen) atoms. The highest BCUT2D eigenvalue weighted by Crippen LogP contribution is 2.44. The van der Waals surface area contributed by atoms with Crippen molar-refractivity contribution < 1.29 is 22.7 Å². The number of nitrogens with zero attached hydrogens (tertiary/aromatic N) is 3. The molecule has 1 fully saturated rings. The molecular formula is C19H24N4O5S. The van der Waals surface area contributed by atoms with Crippen molar-refractivity contribution >= 4 is 21.8 Å². The second kappa shape index (κ2) is 7.34. The molecule has 1 aromatic carbocycles. The Kier molecular flexibility index (Phi) is 4.99. The fraction of sp³-hybridized carbons (Fsp3) is 0.474. The van der Waals surface area contributed by atoms with Crippen LogP contribution in [-0.4, -0.2) is 43.4 Å². The lowest BCUT2D eigenvalue weighted by atomic mass is 9.92. The van der Waals surface area contributed by atoms with Crippen LogP contribution in [0.5, 0.6) is 5.75 Å². The molecule has 1 aliphatic carbocycles. The lowest BCUT2D eigenvalue weighted by Crippen LogP contribution is -2.42. The Morgan fingerprint density at radius 3 is 2.72 bits per heavy atom. The summed E-state index contributed by atoms with van der Waals surface area (Å²) >= 11 is 0. The molecule has 1 amide bonds. The maximum atomic E-state index is 12.3. The van der Waals surface area contributed by atoms with Crippen molar-refractivity contribution in [2.24, 2.45) is 5.14 Å². The maximum absolute atomic E-state index is 12.3. The first-order valence-electron chi connectivity index (χ1n) is 9.49. The largest absolute Gasteiger partial charge is 0.475 e. The number of anilines is 1. The number of hydrogen-bond acceptors (Lipinski definition) is 6. The monoisotopic (exact) mass is 420 g/mol. The minimum atomic E-state index is -3.84. The van der Waals surface area contributed by atoms with Gasteiger partial charge in [-0.25, -0.2) is 18.4 Å². The molecule has 0 unspecified atom stereocenters. The fourth-order valence-corrected chi connectivity index (χ4v) is 4.01. The van der Waals surface area contributed by atoms with Crippen LogP contribution in [0.3, 0.4) is 0 Å². The van der Waals surface area contributed by atoms with Crippen molar-refractivity contribution in [2.45, 2.75) is 44.7 Å². The van der Waals surface area contributed by atoms with E-state index in [2.05, 4.69) is 5.10 Å². The average molecular weight is 420 g/mol. The van der Waals surface area contributed by atoms with Gasteiger partial charge in [0, 0.05) is 28.9 Å². The molecule has 2 N–H and O–H groups in total. The minimum absolute atomic E-state index is 0.0514. The topological polar surface area (TPSA) is 117 Å². The van der Waals surface area contributed by atoms with E-state index >= 15 is 0 Å². The number of fused-ring (bicyclic) bond motifs is 1. The summed E-state index contributed by atoms with van der Waals surface area (Å²) < 4.78 is 35.7. The standard InChI is InChI=1S/C19H24N4O5S/c1-12-3-6-16-17(23(12)19(24)27-2)8-7-15(18(16)28-11-29(20,25)26)13-9-21-22(10-13)14-4-5-14/h7-10,12,14H,3-6,11H2,1-2H3,(H2,20,25,26)/t12-/m0/s1. The number of nitrogens with two attached hydrogens (primary N) is 1. The summed E-state index contributed by atoms with van der Waals surface area (Å²) in [6.45, 7) is 1.94. The molecule has 4 rings (SSSR count). The lowest BCUT2D eigenvalue weighted by Gasteiger charge is -2.35. The molecule has 1 saturated carbocycles. The Morgan fingerprint density at radius 1 is 1.31 bits per heavy atom. The number of ether oxygens (including phenoxy) is 2. The molecule has 2 heterocycles. The van der Waals surface area contributed by atoms with Crippen molar-refractivity contribution in [3.8, 4) is 16.9 Å². The van der Waals surface area contributed by atoms with Crippen LogP contribution in [-0.2, 0) is 21.2 Å². The zero-order chi connectivity index (χ0) is 20.8. The number of amides is 1. The van der Waals surface area contributed by atoms with Gasteiger partial charge in [-0.05, 0) is 44.7 Å². The number of hydrogen-bond donors (Lipinski definition) is 1. The SMILES string of the molecule is COC(=O)N1c2ccc(-c3cnn(C4CC4)c3)c(OCS(N)(=O)=O)c2CC[C@@H]1C. The van der Waals surface area contributed by atoms with Crippen molar-refractivity contribution in [1.82, 2.24) is 9.78 Å². The molecule has 2 aliphatic rings. The van der Waals surface area contributed by atoms with Crippen LogP contribution in [0.4, 0.5) is 10.5 Å². The molecule has 0 radical (unpaired) electrons. The van der Waals surface area contributed by atoms with Crippen LogP contribution in [0.1, 0.15) is 37.8 Å². The van der Waals surface area contributed by atoms with Crippen LogP contribution in [0, 0.1) is 0 Å². The van der Waals surface area contributed by atoms with Gasteiger partial charge in [-0.15, -0.1) is 0 Å². The van der Waals surface area contributed by atoms with E-state index in [-0.39, 0.29) is 6.04 Å². The van der Waals surface area contributed by atoms with Crippen LogP contribution in [0.2, 0.25) is 0 Å². The highest BCUT2D eigenvalue weighted by Gasteiger charge is 2.33. The Hall–Kier alpha value is -2.59. The van der Waals surface area contributed by atoms with Crippen LogP contribution < -0.4 is 14.8 Å². The first kappa shape index (κ1) is 19.7. The fourth-order valence-electron chi connectivity index (χ4n) is 3.73. The molecular weight excluding hydrogens is 396 g/mol. The van der Waals surface area contributed by atoms with Gasteiger partial charge in [0.15, 0.2) is 0 Å². The molecule has 0 spiro atoms. The number of carbonyl (C=O) groups is 1. The summed E-state index contributed by atoms with van der Waals surface area (Å²) in [6, 6.07) is 4.03. The smallest absolute Gasteiger partial charge is 0.414 e. The van der Waals surface area contributed by atoms with Gasteiger partial charge >= 0.3 is 6.09 Å². The molecule has 9 nitrogen and oxygen atoms in total. The molecule has 2 aromatic rings. The van der Waals surface area contributed by atoms with Crippen molar-refractivity contribution in [3.63, 3.8) is 0 Å². The molecule has 156 valence electrons. The predicted molar refractivity (Wildman–Crippen MR) is 107 cm³/mol. The quantitative estimate of drug-likeness (QED) is 0.794. The average Bonchev–Trinajstić information content (AvgIpc) is 3.41. The second-order valence-corrected chi connectivity index (χ2v) is 9.09. The number of primary sulfonamides is 1. The van der Waals surface area contributed by atoms with E-state index in [1.807, 2.05) is 29.9 Å². The van der Waals surface area contributed by atoms with E-state index in [9.17, 15) is 13.2 Å². The Morgan fingerprint density at radius 2 is 2.07 bits per heavy atom. The van der Waals surface area contributed by atoms with Gasteiger partial charge in [0.2, 0.25) is 16.0 Å². The molecule has 0 saturated heterocycles. The van der Waals surface area contributed by atoms with E-state index in [1.54, 1.807) is 11.1 Å². The molecule has 1 aromatic heterocycles. The third-order valence-electron chi connectivity index (χ3n) is 5.32. The van der Waals surface area contributed by atoms with Gasteiger partial charge in [-0.2, -0.15) is 5.10 Å². The Bertz CT molecular complexity index is 1040.